The molecule has 1 aromatic rings. The third-order valence-electron chi connectivity index (χ3n) is 1.98. The number of anilines is 2. The Labute approximate surface area is 105 Å². The zero-order valence-corrected chi connectivity index (χ0v) is 9.77. The minimum absolute atomic E-state index is 0.0922. The standard InChI is InChI=1S/C12H11N5O/c1-2-12(18)15-9-4-3-5-10(6-9)16-17-11(7-13)8-14/h3-6,16H,2H2,1H3,(H,15,18). The van der Waals surface area contributed by atoms with Crippen molar-refractivity contribution in [2.75, 3.05) is 10.7 Å². The van der Waals surface area contributed by atoms with Gasteiger partial charge in [0.25, 0.3) is 0 Å². The molecule has 0 heterocycles. The van der Waals surface area contributed by atoms with Crippen LogP contribution in [-0.2, 0) is 4.79 Å². The number of amides is 1. The largest absolute Gasteiger partial charge is 0.326 e. The van der Waals surface area contributed by atoms with Crippen LogP contribution in [0.2, 0.25) is 0 Å². The molecule has 0 spiro atoms. The number of carbonyl (C=O) groups is 1. The lowest BCUT2D eigenvalue weighted by atomic mass is 10.2. The van der Waals surface area contributed by atoms with Crippen molar-refractivity contribution in [1.82, 2.24) is 0 Å². The number of hydrogen-bond donors (Lipinski definition) is 2. The topological polar surface area (TPSA) is 101 Å². The third kappa shape index (κ3) is 3.95. The van der Waals surface area contributed by atoms with Crippen LogP contribution >= 0.6 is 0 Å². The summed E-state index contributed by atoms with van der Waals surface area (Å²) in [6.07, 6.45) is 0.392. The number of hydrazone groups is 1. The Balaban J connectivity index is 2.78. The fourth-order valence-corrected chi connectivity index (χ4v) is 1.11. The molecule has 0 saturated carbocycles. The number of carbonyl (C=O) groups excluding carboxylic acids is 1. The molecule has 0 saturated heterocycles. The molecule has 1 amide bonds. The molecular weight excluding hydrogens is 230 g/mol. The number of nitriles is 2. The number of nitrogens with zero attached hydrogens (tertiary/aromatic N) is 3. The highest BCUT2D eigenvalue weighted by molar-refractivity contribution is 6.10. The molecule has 0 radical (unpaired) electrons. The lowest BCUT2D eigenvalue weighted by Gasteiger charge is -2.05. The minimum atomic E-state index is -0.266. The quantitative estimate of drug-likeness (QED) is 0.620. The van der Waals surface area contributed by atoms with Crippen LogP contribution in [0, 0.1) is 22.7 Å². The van der Waals surface area contributed by atoms with Gasteiger partial charge in [0.1, 0.15) is 12.1 Å². The molecule has 0 aromatic heterocycles. The van der Waals surface area contributed by atoms with Gasteiger partial charge in [-0.15, -0.1) is 0 Å². The van der Waals surface area contributed by atoms with Crippen molar-refractivity contribution >= 4 is 23.0 Å². The summed E-state index contributed by atoms with van der Waals surface area (Å²) in [6, 6.07) is 10.1. The predicted octanol–water partition coefficient (Wildman–Crippen LogP) is 1.85. The van der Waals surface area contributed by atoms with Crippen molar-refractivity contribution in [3.63, 3.8) is 0 Å². The lowest BCUT2D eigenvalue weighted by molar-refractivity contribution is -0.115. The summed E-state index contributed by atoms with van der Waals surface area (Å²) >= 11 is 0. The highest BCUT2D eigenvalue weighted by Crippen LogP contribution is 2.15. The Bertz CT molecular complexity index is 534. The van der Waals surface area contributed by atoms with E-state index in [1.807, 2.05) is 0 Å². The molecule has 0 aliphatic heterocycles. The van der Waals surface area contributed by atoms with Crippen molar-refractivity contribution in [2.24, 2.45) is 5.10 Å². The minimum Gasteiger partial charge on any atom is -0.326 e. The van der Waals surface area contributed by atoms with E-state index in [4.69, 9.17) is 10.5 Å². The van der Waals surface area contributed by atoms with Gasteiger partial charge in [-0.25, -0.2) is 0 Å². The van der Waals surface area contributed by atoms with Gasteiger partial charge in [0, 0.05) is 12.1 Å². The van der Waals surface area contributed by atoms with Crippen LogP contribution in [0.25, 0.3) is 0 Å². The zero-order chi connectivity index (χ0) is 13.4. The molecule has 0 aliphatic carbocycles. The summed E-state index contributed by atoms with van der Waals surface area (Å²) in [6.45, 7) is 1.76. The molecule has 1 rings (SSSR count). The maximum atomic E-state index is 11.2. The van der Waals surface area contributed by atoms with E-state index in [9.17, 15) is 4.79 Å². The number of hydrogen-bond acceptors (Lipinski definition) is 5. The second kappa shape index (κ2) is 6.66. The first-order valence-corrected chi connectivity index (χ1v) is 5.23. The van der Waals surface area contributed by atoms with Crippen LogP contribution in [0.1, 0.15) is 13.3 Å². The molecule has 0 bridgehead atoms. The Kier molecular flexibility index (Phi) is 4.89. The van der Waals surface area contributed by atoms with Crippen molar-refractivity contribution in [3.8, 4) is 12.1 Å². The number of nitrogens with one attached hydrogen (secondary N) is 2. The first-order chi connectivity index (χ1) is 8.69. The van der Waals surface area contributed by atoms with Gasteiger partial charge in [0.2, 0.25) is 11.6 Å². The van der Waals surface area contributed by atoms with Crippen molar-refractivity contribution in [2.45, 2.75) is 13.3 Å². The van der Waals surface area contributed by atoms with Crippen LogP contribution in [-0.4, -0.2) is 11.6 Å². The van der Waals surface area contributed by atoms with Crippen LogP contribution in [0.4, 0.5) is 11.4 Å². The van der Waals surface area contributed by atoms with Gasteiger partial charge in [-0.3, -0.25) is 10.2 Å². The molecule has 0 aliphatic rings. The van der Waals surface area contributed by atoms with Gasteiger partial charge >= 0.3 is 0 Å². The van der Waals surface area contributed by atoms with E-state index in [2.05, 4.69) is 15.8 Å². The molecular formula is C12H11N5O. The van der Waals surface area contributed by atoms with Gasteiger partial charge in [-0.05, 0) is 18.2 Å². The van der Waals surface area contributed by atoms with Crippen LogP contribution in [0.15, 0.2) is 29.4 Å². The van der Waals surface area contributed by atoms with E-state index in [1.165, 1.54) is 0 Å². The fraction of sp³-hybridized carbons (Fsp3) is 0.167. The summed E-state index contributed by atoms with van der Waals surface area (Å²) in [5.41, 5.74) is 3.50. The highest BCUT2D eigenvalue weighted by Gasteiger charge is 2.00. The average Bonchev–Trinajstić information content (AvgIpc) is 2.40. The predicted molar refractivity (Wildman–Crippen MR) is 67.6 cm³/mol. The summed E-state index contributed by atoms with van der Waals surface area (Å²) < 4.78 is 0. The Morgan fingerprint density at radius 1 is 1.33 bits per heavy atom. The molecule has 1 aromatic carbocycles. The van der Waals surface area contributed by atoms with E-state index in [-0.39, 0.29) is 11.6 Å². The van der Waals surface area contributed by atoms with Crippen LogP contribution < -0.4 is 10.7 Å². The SMILES string of the molecule is CCC(=O)Nc1cccc(NN=C(C#N)C#N)c1. The Morgan fingerprint density at radius 3 is 2.61 bits per heavy atom. The molecule has 90 valence electrons. The van der Waals surface area contributed by atoms with Gasteiger partial charge in [0.15, 0.2) is 0 Å². The van der Waals surface area contributed by atoms with E-state index >= 15 is 0 Å². The van der Waals surface area contributed by atoms with E-state index in [0.717, 1.165) is 0 Å². The number of benzene rings is 1. The van der Waals surface area contributed by atoms with Crippen LogP contribution in [0.3, 0.4) is 0 Å². The Morgan fingerprint density at radius 2 is 2.00 bits per heavy atom. The molecule has 6 heteroatoms. The van der Waals surface area contributed by atoms with Crippen molar-refractivity contribution in [1.29, 1.82) is 10.5 Å². The second-order valence-corrected chi connectivity index (χ2v) is 3.28. The van der Waals surface area contributed by atoms with Crippen molar-refractivity contribution < 1.29 is 4.79 Å². The van der Waals surface area contributed by atoms with Gasteiger partial charge in [-0.1, -0.05) is 13.0 Å². The van der Waals surface area contributed by atoms with Gasteiger partial charge in [-0.2, -0.15) is 15.6 Å². The van der Waals surface area contributed by atoms with Crippen LogP contribution in [0.5, 0.6) is 0 Å². The summed E-state index contributed by atoms with van der Waals surface area (Å²) in [5, 5.41) is 23.3. The summed E-state index contributed by atoms with van der Waals surface area (Å²) in [4.78, 5) is 11.2. The zero-order valence-electron chi connectivity index (χ0n) is 9.77. The maximum absolute atomic E-state index is 11.2. The Hall–Kier alpha value is -2.86. The average molecular weight is 241 g/mol. The van der Waals surface area contributed by atoms with Gasteiger partial charge < -0.3 is 5.32 Å². The third-order valence-corrected chi connectivity index (χ3v) is 1.98. The first kappa shape index (κ1) is 13.2. The lowest BCUT2D eigenvalue weighted by Crippen LogP contribution is -2.09. The van der Waals surface area contributed by atoms with E-state index < -0.39 is 0 Å². The number of rotatable bonds is 4. The molecule has 0 unspecified atom stereocenters. The van der Waals surface area contributed by atoms with Crippen molar-refractivity contribution in [3.05, 3.63) is 24.3 Å². The van der Waals surface area contributed by atoms with E-state index in [0.29, 0.717) is 17.8 Å². The van der Waals surface area contributed by atoms with Gasteiger partial charge in [0.05, 0.1) is 5.69 Å². The second-order valence-electron chi connectivity index (χ2n) is 3.28. The smallest absolute Gasteiger partial charge is 0.237 e. The molecule has 2 N–H and O–H groups in total. The fourth-order valence-electron chi connectivity index (χ4n) is 1.11. The summed E-state index contributed by atoms with van der Waals surface area (Å²) in [7, 11) is 0. The molecule has 0 atom stereocenters. The first-order valence-electron chi connectivity index (χ1n) is 5.23. The normalized spacial score (nSPS) is 8.61. The van der Waals surface area contributed by atoms with E-state index in [1.54, 1.807) is 43.3 Å². The monoisotopic (exact) mass is 241 g/mol. The summed E-state index contributed by atoms with van der Waals surface area (Å²) in [5.74, 6) is -0.0922. The molecule has 6 nitrogen and oxygen atoms in total. The maximum Gasteiger partial charge on any atom is 0.237 e. The molecule has 18 heavy (non-hydrogen) atoms. The highest BCUT2D eigenvalue weighted by atomic mass is 16.1. The molecule has 0 fully saturated rings.